The van der Waals surface area contributed by atoms with Gasteiger partial charge in [0.1, 0.15) is 11.3 Å². The first kappa shape index (κ1) is 20.3. The number of hydrogen-bond donors (Lipinski definition) is 3. The van der Waals surface area contributed by atoms with Gasteiger partial charge in [0.2, 0.25) is 11.6 Å². The molecule has 3 aromatic rings. The van der Waals surface area contributed by atoms with E-state index in [1.807, 2.05) is 5.32 Å². The topological polar surface area (TPSA) is 70.6 Å². The number of hydrogen-bond acceptors (Lipinski definition) is 4. The molecule has 3 N–H and O–H groups in total. The maximum atomic E-state index is 14.1. The van der Waals surface area contributed by atoms with Crippen molar-refractivity contribution in [2.75, 3.05) is 12.4 Å². The molecule has 5 nitrogen and oxygen atoms in total. The largest absolute Gasteiger partial charge is 0.507 e. The molecule has 0 heterocycles. The fourth-order valence-corrected chi connectivity index (χ4v) is 2.91. The summed E-state index contributed by atoms with van der Waals surface area (Å²) in [5, 5.41) is 15.1. The number of rotatable bonds is 3. The predicted molar refractivity (Wildman–Crippen MR) is 102 cm³/mol. The van der Waals surface area contributed by atoms with Crippen molar-refractivity contribution in [1.82, 2.24) is 5.32 Å². The molecule has 0 saturated heterocycles. The van der Waals surface area contributed by atoms with Gasteiger partial charge in [-0.1, -0.05) is 24.3 Å². The van der Waals surface area contributed by atoms with Gasteiger partial charge >= 0.3 is 0 Å². The summed E-state index contributed by atoms with van der Waals surface area (Å²) in [6, 6.07) is 9.54. The molecule has 0 radical (unpaired) electrons. The highest BCUT2D eigenvalue weighted by Gasteiger charge is 2.30. The van der Waals surface area contributed by atoms with Gasteiger partial charge in [0.15, 0.2) is 22.5 Å². The Morgan fingerprint density at radius 1 is 0.966 bits per heavy atom. The highest BCUT2D eigenvalue weighted by atomic mass is 32.1. The number of phenols is 1. The van der Waals surface area contributed by atoms with Gasteiger partial charge in [-0.25, -0.2) is 8.78 Å². The highest BCUT2D eigenvalue weighted by molar-refractivity contribution is 7.80. The van der Waals surface area contributed by atoms with Gasteiger partial charge in [0.25, 0.3) is 5.91 Å². The summed E-state index contributed by atoms with van der Waals surface area (Å²) < 4.78 is 60.0. The maximum Gasteiger partial charge on any atom is 0.263 e. The van der Waals surface area contributed by atoms with Crippen LogP contribution in [0.4, 0.5) is 23.2 Å². The van der Waals surface area contributed by atoms with Crippen LogP contribution in [0.1, 0.15) is 10.4 Å². The average Bonchev–Trinajstić information content (AvgIpc) is 2.68. The summed E-state index contributed by atoms with van der Waals surface area (Å²) in [7, 11) is 0.821. The van der Waals surface area contributed by atoms with Gasteiger partial charge in [-0.2, -0.15) is 8.78 Å². The number of carbonyl (C=O) groups excluding carboxylic acids is 1. The van der Waals surface area contributed by atoms with E-state index in [1.165, 1.54) is 6.07 Å². The smallest absolute Gasteiger partial charge is 0.263 e. The first-order valence-corrected chi connectivity index (χ1v) is 8.40. The lowest BCUT2D eigenvalue weighted by Gasteiger charge is -2.14. The van der Waals surface area contributed by atoms with E-state index in [9.17, 15) is 27.5 Å². The molecule has 0 spiro atoms. The van der Waals surface area contributed by atoms with E-state index in [2.05, 4.69) is 10.1 Å². The van der Waals surface area contributed by atoms with E-state index < -0.39 is 40.5 Å². The zero-order valence-electron chi connectivity index (χ0n) is 14.6. The zero-order valence-corrected chi connectivity index (χ0v) is 15.5. The van der Waals surface area contributed by atoms with E-state index in [0.717, 1.165) is 7.11 Å². The summed E-state index contributed by atoms with van der Waals surface area (Å²) in [4.78, 5) is 12.2. The Morgan fingerprint density at radius 3 is 2.17 bits per heavy atom. The average molecular weight is 424 g/mol. The molecule has 29 heavy (non-hydrogen) atoms. The molecule has 1 amide bonds. The van der Waals surface area contributed by atoms with Crippen LogP contribution in [0.5, 0.6) is 11.5 Å². The Bertz CT molecular complexity index is 1120. The number of methoxy groups -OCH3 is 1. The molecular weight excluding hydrogens is 412 g/mol. The van der Waals surface area contributed by atoms with Crippen molar-refractivity contribution in [3.05, 3.63) is 65.2 Å². The lowest BCUT2D eigenvalue weighted by Crippen LogP contribution is -2.35. The van der Waals surface area contributed by atoms with E-state index >= 15 is 0 Å². The van der Waals surface area contributed by atoms with Gasteiger partial charge in [0, 0.05) is 16.5 Å². The Balaban J connectivity index is 1.88. The van der Waals surface area contributed by atoms with Crippen LogP contribution in [0.15, 0.2) is 36.4 Å². The van der Waals surface area contributed by atoms with Crippen LogP contribution in [-0.2, 0) is 0 Å². The molecule has 3 rings (SSSR count). The molecule has 10 heteroatoms. The van der Waals surface area contributed by atoms with E-state index in [-0.39, 0.29) is 10.9 Å². The van der Waals surface area contributed by atoms with Crippen LogP contribution >= 0.6 is 12.2 Å². The summed E-state index contributed by atoms with van der Waals surface area (Å²) >= 11 is 4.95. The molecule has 0 aromatic heterocycles. The van der Waals surface area contributed by atoms with E-state index in [4.69, 9.17) is 12.2 Å². The fraction of sp³-hybridized carbons (Fsp3) is 0.0526. The fourth-order valence-electron chi connectivity index (χ4n) is 2.71. The van der Waals surface area contributed by atoms with Crippen molar-refractivity contribution in [3.8, 4) is 11.5 Å². The van der Waals surface area contributed by atoms with Gasteiger partial charge in [-0.15, -0.1) is 0 Å². The van der Waals surface area contributed by atoms with Crippen molar-refractivity contribution in [1.29, 1.82) is 0 Å². The number of nitrogens with one attached hydrogen (secondary N) is 2. The normalized spacial score (nSPS) is 10.7. The second-order valence-corrected chi connectivity index (χ2v) is 6.16. The number of phenolic OH excluding ortho intramolecular Hbond substituents is 1. The maximum absolute atomic E-state index is 14.1. The van der Waals surface area contributed by atoms with Gasteiger partial charge in [-0.3, -0.25) is 10.1 Å². The number of anilines is 1. The number of halogens is 4. The minimum atomic E-state index is -1.92. The molecule has 0 aliphatic heterocycles. The van der Waals surface area contributed by atoms with Crippen molar-refractivity contribution in [2.24, 2.45) is 0 Å². The van der Waals surface area contributed by atoms with E-state index in [1.54, 1.807) is 30.3 Å². The van der Waals surface area contributed by atoms with Crippen molar-refractivity contribution >= 4 is 39.7 Å². The second-order valence-electron chi connectivity index (χ2n) is 5.75. The lowest BCUT2D eigenvalue weighted by atomic mass is 10.1. The monoisotopic (exact) mass is 424 g/mol. The molecule has 0 saturated carbocycles. The van der Waals surface area contributed by atoms with Crippen molar-refractivity contribution in [3.63, 3.8) is 0 Å². The molecule has 0 fully saturated rings. The number of fused-ring (bicyclic) bond motifs is 1. The Labute approximate surface area is 166 Å². The Hall–Kier alpha value is -3.40. The predicted octanol–water partition coefficient (Wildman–Crippen LogP) is 4.24. The SMILES string of the molecule is COc1c(F)c(F)c(C(=O)NC(=S)Nc2cccc3c(O)cccc23)c(F)c1F. The minimum Gasteiger partial charge on any atom is -0.507 e. The number of carbonyl (C=O) groups is 1. The first-order chi connectivity index (χ1) is 13.8. The van der Waals surface area contributed by atoms with Crippen molar-refractivity contribution in [2.45, 2.75) is 0 Å². The third kappa shape index (κ3) is 3.66. The lowest BCUT2D eigenvalue weighted by molar-refractivity contribution is 0.0966. The van der Waals surface area contributed by atoms with Gasteiger partial charge < -0.3 is 15.2 Å². The second kappa shape index (κ2) is 7.92. The Kier molecular flexibility index (Phi) is 5.55. The number of benzene rings is 3. The third-order valence-corrected chi connectivity index (χ3v) is 4.23. The first-order valence-electron chi connectivity index (χ1n) is 7.99. The summed E-state index contributed by atoms with van der Waals surface area (Å²) in [6.45, 7) is 0. The minimum absolute atomic E-state index is 0.00873. The molecule has 150 valence electrons. The summed E-state index contributed by atoms with van der Waals surface area (Å²) in [6.07, 6.45) is 0. The zero-order chi connectivity index (χ0) is 21.3. The Morgan fingerprint density at radius 2 is 1.55 bits per heavy atom. The van der Waals surface area contributed by atoms with Crippen LogP contribution in [-0.4, -0.2) is 23.2 Å². The number of amides is 1. The number of thiocarbonyl (C=S) groups is 1. The van der Waals surface area contributed by atoms with Crippen LogP contribution in [0.25, 0.3) is 10.8 Å². The van der Waals surface area contributed by atoms with Crippen LogP contribution in [0.2, 0.25) is 0 Å². The highest BCUT2D eigenvalue weighted by Crippen LogP contribution is 2.31. The molecular formula is C19H12F4N2O3S. The summed E-state index contributed by atoms with van der Waals surface area (Å²) in [5.41, 5.74) is -1.11. The molecule has 0 aliphatic carbocycles. The van der Waals surface area contributed by atoms with Gasteiger partial charge in [0.05, 0.1) is 7.11 Å². The molecule has 3 aromatic carbocycles. The molecule has 0 aliphatic rings. The molecule has 0 unspecified atom stereocenters. The van der Waals surface area contributed by atoms with Gasteiger partial charge in [-0.05, 0) is 24.4 Å². The molecule has 0 bridgehead atoms. The van der Waals surface area contributed by atoms with Crippen molar-refractivity contribution < 1.29 is 32.2 Å². The number of ether oxygens (including phenoxy) is 1. The number of aromatic hydroxyl groups is 1. The van der Waals surface area contributed by atoms with Crippen LogP contribution in [0, 0.1) is 23.3 Å². The van der Waals surface area contributed by atoms with Crippen LogP contribution < -0.4 is 15.4 Å². The molecule has 0 atom stereocenters. The van der Waals surface area contributed by atoms with Crippen LogP contribution in [0.3, 0.4) is 0 Å². The quantitative estimate of drug-likeness (QED) is 0.333. The van der Waals surface area contributed by atoms with E-state index in [0.29, 0.717) is 16.5 Å². The summed E-state index contributed by atoms with van der Waals surface area (Å²) in [5.74, 6) is -10.3. The standard InChI is InChI=1S/C19H12F4N2O3S/c1-28-17-15(22)13(20)12(14(21)16(17)23)18(27)25-19(29)24-10-6-2-5-9-8(10)4-3-7-11(9)26/h2-7,26H,1H3,(H2,24,25,27,29). The third-order valence-electron chi connectivity index (χ3n) is 4.03.